The van der Waals surface area contributed by atoms with E-state index in [4.69, 9.17) is 0 Å². The fourth-order valence-electron chi connectivity index (χ4n) is 7.29. The summed E-state index contributed by atoms with van der Waals surface area (Å²) < 4.78 is 0.930. The molecule has 42 heavy (non-hydrogen) atoms. The zero-order chi connectivity index (χ0) is 30.2. The molecule has 1 aromatic carbocycles. The number of hydrogen-bond acceptors (Lipinski definition) is 7. The van der Waals surface area contributed by atoms with Crippen LogP contribution < -0.4 is 0 Å². The van der Waals surface area contributed by atoms with Gasteiger partial charge in [0.15, 0.2) is 0 Å². The van der Waals surface area contributed by atoms with Gasteiger partial charge in [0.25, 0.3) is 0 Å². The van der Waals surface area contributed by atoms with Gasteiger partial charge in [0, 0.05) is 24.9 Å². The lowest BCUT2D eigenvalue weighted by atomic mass is 9.70. The Balaban J connectivity index is 1.56. The van der Waals surface area contributed by atoms with Gasteiger partial charge in [-0.3, -0.25) is 14.4 Å². The maximum Gasteiger partial charge on any atom is 0.248 e. The molecule has 3 aliphatic heterocycles. The van der Waals surface area contributed by atoms with E-state index in [1.807, 2.05) is 45.0 Å². The lowest BCUT2D eigenvalue weighted by molar-refractivity contribution is -0.148. The molecule has 4 heterocycles. The average Bonchev–Trinajstić information content (AvgIpc) is 3.72. The summed E-state index contributed by atoms with van der Waals surface area (Å²) in [6, 6.07) is 6.18. The topological polar surface area (TPSA) is 112 Å². The highest BCUT2D eigenvalue weighted by Gasteiger charge is 2.74. The van der Waals surface area contributed by atoms with Crippen LogP contribution in [-0.2, 0) is 21.1 Å². The molecule has 226 valence electrons. The average molecular weight is 595 g/mol. The lowest BCUT2D eigenvalue weighted by Gasteiger charge is -2.40. The fourth-order valence-corrected chi connectivity index (χ4v) is 9.48. The molecule has 5 rings (SSSR count). The first kappa shape index (κ1) is 30.3. The number of thioether (sulfide) groups is 1. The molecule has 2 bridgehead atoms. The number of benzene rings is 1. The number of aromatic nitrogens is 3. The van der Waals surface area contributed by atoms with E-state index >= 15 is 0 Å². The van der Waals surface area contributed by atoms with E-state index in [0.29, 0.717) is 19.5 Å². The first-order chi connectivity index (χ1) is 20.2. The van der Waals surface area contributed by atoms with Crippen molar-refractivity contribution in [2.45, 2.75) is 68.8 Å². The highest BCUT2D eigenvalue weighted by atomic mass is 32.2. The maximum atomic E-state index is 14.8. The Morgan fingerprint density at radius 1 is 1.19 bits per heavy atom. The first-order valence-electron chi connectivity index (χ1n) is 14.9. The summed E-state index contributed by atoms with van der Waals surface area (Å²) in [6.45, 7) is 14.8. The van der Waals surface area contributed by atoms with Crippen LogP contribution in [-0.4, -0.2) is 101 Å². The van der Waals surface area contributed by atoms with Crippen LogP contribution in [0.1, 0.15) is 40.0 Å². The van der Waals surface area contributed by atoms with Crippen LogP contribution in [0.3, 0.4) is 0 Å². The molecule has 1 spiro atoms. The summed E-state index contributed by atoms with van der Waals surface area (Å²) in [7, 11) is 0. The summed E-state index contributed by atoms with van der Waals surface area (Å²) in [5.74, 6) is -1.69. The van der Waals surface area contributed by atoms with Gasteiger partial charge in [-0.15, -0.1) is 30.0 Å². The molecule has 2 unspecified atom stereocenters. The molecule has 10 nitrogen and oxygen atoms in total. The number of likely N-dealkylation sites (tertiary alicyclic amines) is 1. The third kappa shape index (κ3) is 4.84. The number of nitrogens with zero attached hydrogens (tertiary/aromatic N) is 6. The molecule has 0 saturated carbocycles. The lowest BCUT2D eigenvalue weighted by Crippen LogP contribution is -2.58. The van der Waals surface area contributed by atoms with E-state index in [1.165, 1.54) is 0 Å². The van der Waals surface area contributed by atoms with Gasteiger partial charge in [0.1, 0.15) is 18.2 Å². The van der Waals surface area contributed by atoms with Crippen molar-refractivity contribution in [1.82, 2.24) is 29.7 Å². The van der Waals surface area contributed by atoms with Gasteiger partial charge >= 0.3 is 0 Å². The van der Waals surface area contributed by atoms with Crippen molar-refractivity contribution >= 4 is 40.5 Å². The minimum Gasteiger partial charge on any atom is -0.394 e. The molecular formula is C31H42N6O4S. The van der Waals surface area contributed by atoms with Crippen molar-refractivity contribution in [3.05, 3.63) is 49.6 Å². The molecular weight excluding hydrogens is 552 g/mol. The van der Waals surface area contributed by atoms with E-state index < -0.39 is 28.7 Å². The third-order valence-electron chi connectivity index (χ3n) is 9.11. The largest absolute Gasteiger partial charge is 0.394 e. The molecule has 3 aliphatic rings. The Hall–Kier alpha value is -3.18. The van der Waals surface area contributed by atoms with Crippen molar-refractivity contribution in [2.75, 3.05) is 26.2 Å². The number of hydrogen-bond donors (Lipinski definition) is 1. The Morgan fingerprint density at radius 2 is 1.90 bits per heavy atom. The minimum absolute atomic E-state index is 0.0354. The van der Waals surface area contributed by atoms with Crippen molar-refractivity contribution < 1.29 is 19.5 Å². The Morgan fingerprint density at radius 3 is 2.57 bits per heavy atom. The molecule has 1 N–H and O–H groups in total. The van der Waals surface area contributed by atoms with Crippen molar-refractivity contribution in [3.8, 4) is 0 Å². The molecule has 0 radical (unpaired) electrons. The van der Waals surface area contributed by atoms with Crippen LogP contribution in [0.15, 0.2) is 49.6 Å². The number of rotatable bonds is 13. The second kappa shape index (κ2) is 12.2. The summed E-state index contributed by atoms with van der Waals surface area (Å²) in [4.78, 5) is 48.4. The summed E-state index contributed by atoms with van der Waals surface area (Å²) in [5, 5.41) is 19.0. The highest BCUT2D eigenvalue weighted by molar-refractivity contribution is 8.02. The summed E-state index contributed by atoms with van der Waals surface area (Å²) in [6.07, 6.45) is 5.61. The third-order valence-corrected chi connectivity index (χ3v) is 11.1. The fraction of sp³-hybridized carbons (Fsp3) is 0.581. The number of para-hydroxylation sites is 1. The van der Waals surface area contributed by atoms with Crippen LogP contribution in [0.5, 0.6) is 0 Å². The maximum absolute atomic E-state index is 14.8. The molecule has 3 fully saturated rings. The van der Waals surface area contributed by atoms with Crippen molar-refractivity contribution in [3.63, 3.8) is 0 Å². The molecule has 6 atom stereocenters. The number of fused-ring (bicyclic) bond motifs is 2. The molecule has 3 amide bonds. The van der Waals surface area contributed by atoms with Crippen LogP contribution in [0.25, 0.3) is 11.0 Å². The Labute approximate surface area is 251 Å². The predicted octanol–water partition coefficient (Wildman–Crippen LogP) is 2.94. The van der Waals surface area contributed by atoms with Crippen LogP contribution in [0.2, 0.25) is 0 Å². The van der Waals surface area contributed by atoms with Gasteiger partial charge in [-0.2, -0.15) is 0 Å². The Kier molecular flexibility index (Phi) is 8.80. The van der Waals surface area contributed by atoms with Gasteiger partial charge in [0.2, 0.25) is 17.7 Å². The second-order valence-electron chi connectivity index (χ2n) is 11.9. The summed E-state index contributed by atoms with van der Waals surface area (Å²) in [5.41, 5.74) is 1.52. The monoisotopic (exact) mass is 594 g/mol. The smallest absolute Gasteiger partial charge is 0.248 e. The first-order valence-corrected chi connectivity index (χ1v) is 15.8. The van der Waals surface area contributed by atoms with Crippen molar-refractivity contribution in [1.29, 1.82) is 0 Å². The van der Waals surface area contributed by atoms with E-state index in [1.54, 1.807) is 43.3 Å². The van der Waals surface area contributed by atoms with Gasteiger partial charge in [0.05, 0.1) is 34.7 Å². The van der Waals surface area contributed by atoms with Gasteiger partial charge in [-0.05, 0) is 37.3 Å². The van der Waals surface area contributed by atoms with E-state index in [0.717, 1.165) is 23.9 Å². The second-order valence-corrected chi connectivity index (χ2v) is 13.5. The zero-order valence-corrected chi connectivity index (χ0v) is 25.6. The number of aliphatic hydroxyl groups is 1. The number of carbonyl (C=O) groups excluding carboxylic acids is 3. The molecule has 3 saturated heterocycles. The van der Waals surface area contributed by atoms with Crippen LogP contribution in [0.4, 0.5) is 0 Å². The molecule has 0 aliphatic carbocycles. The number of aliphatic hydroxyl groups excluding tert-OH is 1. The van der Waals surface area contributed by atoms with Gasteiger partial charge < -0.3 is 19.8 Å². The van der Waals surface area contributed by atoms with Gasteiger partial charge in [-0.1, -0.05) is 50.3 Å². The number of carbonyl (C=O) groups is 3. The molecule has 2 aromatic rings. The van der Waals surface area contributed by atoms with Crippen molar-refractivity contribution in [2.24, 2.45) is 17.8 Å². The SMILES string of the molecule is C=CCN(Cn1nnc2ccccc21)C(=O)C1N([C@@H](CO)C(C)C)C(=O)[C@@H]2[C@@H](C(=O)N(CC=C)CCC)[C@H]3CCC12S3. The van der Waals surface area contributed by atoms with Crippen LogP contribution >= 0.6 is 11.8 Å². The highest BCUT2D eigenvalue weighted by Crippen LogP contribution is 2.67. The van der Waals surface area contributed by atoms with E-state index in [2.05, 4.69) is 23.5 Å². The normalized spacial score (nSPS) is 27.0. The zero-order valence-electron chi connectivity index (χ0n) is 24.8. The quantitative estimate of drug-likeness (QED) is 0.355. The number of amides is 3. The van der Waals surface area contributed by atoms with E-state index in [9.17, 15) is 19.5 Å². The standard InChI is InChI=1S/C31H42N6O4S/c1-6-15-34(16-7-2)28(39)25-24-13-14-31(42-24)26(25)29(40)37(23(18-38)20(4)5)27(31)30(41)35(17-8-3)19-36-22-12-10-9-11-21(22)32-33-36/h6,8-12,20,23-27,38H,1,3,7,13-19H2,2,4-5H3/t23-,24+,25-,26-,27?,31?/m0/s1. The van der Waals surface area contributed by atoms with Crippen LogP contribution in [0, 0.1) is 17.8 Å². The summed E-state index contributed by atoms with van der Waals surface area (Å²) >= 11 is 1.64. The predicted molar refractivity (Wildman–Crippen MR) is 163 cm³/mol. The van der Waals surface area contributed by atoms with E-state index in [-0.39, 0.29) is 48.7 Å². The molecule has 11 heteroatoms. The Bertz CT molecular complexity index is 1360. The molecule has 1 aromatic heterocycles. The van der Waals surface area contributed by atoms with Gasteiger partial charge in [-0.25, -0.2) is 4.68 Å². The minimum atomic E-state index is -0.823.